The van der Waals surface area contributed by atoms with Crippen LogP contribution in [0.5, 0.6) is 0 Å². The summed E-state index contributed by atoms with van der Waals surface area (Å²) in [5.41, 5.74) is 0. The molecule has 1 aliphatic heterocycles. The van der Waals surface area contributed by atoms with Gasteiger partial charge in [0, 0.05) is 32.7 Å². The molecule has 0 amide bonds. The molecule has 6 heteroatoms. The lowest BCUT2D eigenvalue weighted by Gasteiger charge is -2.26. The van der Waals surface area contributed by atoms with Gasteiger partial charge in [-0.25, -0.2) is 4.68 Å². The van der Waals surface area contributed by atoms with Gasteiger partial charge in [0.15, 0.2) is 0 Å². The summed E-state index contributed by atoms with van der Waals surface area (Å²) >= 11 is 2.26. The van der Waals surface area contributed by atoms with E-state index >= 15 is 0 Å². The van der Waals surface area contributed by atoms with Gasteiger partial charge in [-0.05, 0) is 22.6 Å². The Balaban J connectivity index is 1.79. The third-order valence-corrected chi connectivity index (χ3v) is 3.24. The summed E-state index contributed by atoms with van der Waals surface area (Å²) < 4.78 is 3.06. The third kappa shape index (κ3) is 2.64. The molecule has 0 spiro atoms. The summed E-state index contributed by atoms with van der Waals surface area (Å²) in [5.74, 6) is 0. The summed E-state index contributed by atoms with van der Waals surface area (Å²) in [6.07, 6.45) is 1.79. The van der Waals surface area contributed by atoms with E-state index in [-0.39, 0.29) is 0 Å². The van der Waals surface area contributed by atoms with E-state index in [1.807, 2.05) is 4.68 Å². The van der Waals surface area contributed by atoms with E-state index in [9.17, 15) is 0 Å². The first-order valence-electron chi connectivity index (χ1n) is 4.83. The van der Waals surface area contributed by atoms with Gasteiger partial charge in [0.05, 0.1) is 12.7 Å². The van der Waals surface area contributed by atoms with Crippen molar-refractivity contribution in [1.29, 1.82) is 0 Å². The zero-order chi connectivity index (χ0) is 9.80. The van der Waals surface area contributed by atoms with E-state index in [0.717, 1.165) is 43.0 Å². The van der Waals surface area contributed by atoms with Crippen molar-refractivity contribution in [1.82, 2.24) is 25.2 Å². The molecular weight excluding hydrogens is 293 g/mol. The predicted molar refractivity (Wildman–Crippen MR) is 62.0 cm³/mol. The number of aromatic nitrogens is 3. The number of nitrogens with one attached hydrogen (secondary N) is 1. The Morgan fingerprint density at radius 1 is 1.36 bits per heavy atom. The number of nitrogens with zero attached hydrogens (tertiary/aromatic N) is 4. The van der Waals surface area contributed by atoms with Crippen LogP contribution in [0.15, 0.2) is 6.20 Å². The first-order chi connectivity index (χ1) is 6.86. The molecule has 78 valence electrons. The summed E-state index contributed by atoms with van der Waals surface area (Å²) in [7, 11) is 0. The Morgan fingerprint density at radius 3 is 2.79 bits per heavy atom. The van der Waals surface area contributed by atoms with Crippen molar-refractivity contribution in [2.45, 2.75) is 6.54 Å². The quantitative estimate of drug-likeness (QED) is 0.785. The Bertz CT molecular complexity index is 281. The SMILES string of the molecule is Ic1cnnn1CCN1CCNCC1. The molecule has 1 saturated heterocycles. The average molecular weight is 307 g/mol. The minimum absolute atomic E-state index is 0.943. The van der Waals surface area contributed by atoms with Crippen LogP contribution in [0.25, 0.3) is 0 Å². The fraction of sp³-hybridized carbons (Fsp3) is 0.750. The lowest BCUT2D eigenvalue weighted by molar-refractivity contribution is 0.228. The third-order valence-electron chi connectivity index (χ3n) is 2.41. The standard InChI is InChI=1S/C8H14IN5/c9-8-7-11-12-14(8)6-5-13-3-1-10-2-4-13/h7,10H,1-6H2. The van der Waals surface area contributed by atoms with Gasteiger partial charge in [-0.15, -0.1) is 5.10 Å². The zero-order valence-corrected chi connectivity index (χ0v) is 10.1. The fourth-order valence-electron chi connectivity index (χ4n) is 1.57. The smallest absolute Gasteiger partial charge is 0.119 e. The van der Waals surface area contributed by atoms with Crippen molar-refractivity contribution in [3.63, 3.8) is 0 Å². The molecule has 1 aromatic rings. The zero-order valence-electron chi connectivity index (χ0n) is 7.99. The van der Waals surface area contributed by atoms with E-state index in [0.29, 0.717) is 0 Å². The van der Waals surface area contributed by atoms with Crippen LogP contribution in [-0.4, -0.2) is 52.6 Å². The molecule has 0 radical (unpaired) electrons. The van der Waals surface area contributed by atoms with Gasteiger partial charge in [0.1, 0.15) is 3.70 Å². The van der Waals surface area contributed by atoms with Crippen LogP contribution >= 0.6 is 22.6 Å². The molecule has 1 fully saturated rings. The molecule has 2 rings (SSSR count). The van der Waals surface area contributed by atoms with Crippen molar-refractivity contribution >= 4 is 22.6 Å². The molecule has 2 heterocycles. The molecule has 5 nitrogen and oxygen atoms in total. The minimum atomic E-state index is 0.943. The largest absolute Gasteiger partial charge is 0.314 e. The van der Waals surface area contributed by atoms with Gasteiger partial charge in [-0.2, -0.15) is 0 Å². The van der Waals surface area contributed by atoms with Gasteiger partial charge >= 0.3 is 0 Å². The van der Waals surface area contributed by atoms with Crippen LogP contribution in [0, 0.1) is 3.70 Å². The molecule has 0 atom stereocenters. The van der Waals surface area contributed by atoms with Gasteiger partial charge < -0.3 is 5.32 Å². The van der Waals surface area contributed by atoms with Gasteiger partial charge in [-0.1, -0.05) is 5.21 Å². The van der Waals surface area contributed by atoms with Crippen molar-refractivity contribution < 1.29 is 0 Å². The number of rotatable bonds is 3. The Hall–Kier alpha value is -0.210. The van der Waals surface area contributed by atoms with Crippen LogP contribution in [0.1, 0.15) is 0 Å². The molecule has 0 unspecified atom stereocenters. The molecule has 1 aliphatic rings. The van der Waals surface area contributed by atoms with E-state index in [2.05, 4.69) is 43.1 Å². The summed E-state index contributed by atoms with van der Waals surface area (Å²) in [6, 6.07) is 0. The number of hydrogen-bond acceptors (Lipinski definition) is 4. The highest BCUT2D eigenvalue weighted by molar-refractivity contribution is 14.1. The van der Waals surface area contributed by atoms with E-state index < -0.39 is 0 Å². The Kier molecular flexibility index (Phi) is 3.71. The number of piperazine rings is 1. The first kappa shape index (κ1) is 10.3. The number of halogens is 1. The summed E-state index contributed by atoms with van der Waals surface area (Å²) in [6.45, 7) is 6.51. The van der Waals surface area contributed by atoms with E-state index in [1.54, 1.807) is 6.20 Å². The van der Waals surface area contributed by atoms with Crippen molar-refractivity contribution in [2.24, 2.45) is 0 Å². The second kappa shape index (κ2) is 5.04. The average Bonchev–Trinajstić information content (AvgIpc) is 2.63. The first-order valence-corrected chi connectivity index (χ1v) is 5.91. The van der Waals surface area contributed by atoms with Crippen LogP contribution in [0.4, 0.5) is 0 Å². The van der Waals surface area contributed by atoms with Crippen LogP contribution in [-0.2, 0) is 6.54 Å². The molecular formula is C8H14IN5. The van der Waals surface area contributed by atoms with Gasteiger partial charge in [0.2, 0.25) is 0 Å². The van der Waals surface area contributed by atoms with Crippen molar-refractivity contribution in [3.05, 3.63) is 9.90 Å². The normalized spacial score (nSPS) is 18.6. The fourth-order valence-corrected chi connectivity index (χ4v) is 2.03. The van der Waals surface area contributed by atoms with Crippen molar-refractivity contribution in [3.8, 4) is 0 Å². The number of hydrogen-bond donors (Lipinski definition) is 1. The van der Waals surface area contributed by atoms with Gasteiger partial charge in [0.25, 0.3) is 0 Å². The predicted octanol–water partition coefficient (Wildman–Crippen LogP) is -0.212. The van der Waals surface area contributed by atoms with Crippen molar-refractivity contribution in [2.75, 3.05) is 32.7 Å². The molecule has 1 N–H and O–H groups in total. The van der Waals surface area contributed by atoms with E-state index in [1.165, 1.54) is 0 Å². The lowest BCUT2D eigenvalue weighted by atomic mass is 10.3. The monoisotopic (exact) mass is 307 g/mol. The highest BCUT2D eigenvalue weighted by Crippen LogP contribution is 2.01. The maximum atomic E-state index is 4.02. The molecule has 0 saturated carbocycles. The lowest BCUT2D eigenvalue weighted by Crippen LogP contribution is -2.44. The topological polar surface area (TPSA) is 46.0 Å². The Labute approximate surface area is 97.0 Å². The Morgan fingerprint density at radius 2 is 2.14 bits per heavy atom. The maximum absolute atomic E-state index is 4.02. The second-order valence-electron chi connectivity index (χ2n) is 3.37. The van der Waals surface area contributed by atoms with Gasteiger partial charge in [-0.3, -0.25) is 4.90 Å². The highest BCUT2D eigenvalue weighted by atomic mass is 127. The summed E-state index contributed by atoms with van der Waals surface area (Å²) in [4.78, 5) is 2.45. The van der Waals surface area contributed by atoms with E-state index in [4.69, 9.17) is 0 Å². The van der Waals surface area contributed by atoms with Crippen LogP contribution in [0.3, 0.4) is 0 Å². The second-order valence-corrected chi connectivity index (χ2v) is 4.48. The van der Waals surface area contributed by atoms with Crippen LogP contribution in [0.2, 0.25) is 0 Å². The highest BCUT2D eigenvalue weighted by Gasteiger charge is 2.09. The molecule has 1 aromatic heterocycles. The molecule has 14 heavy (non-hydrogen) atoms. The molecule has 0 aliphatic carbocycles. The molecule has 0 aromatic carbocycles. The maximum Gasteiger partial charge on any atom is 0.119 e. The summed E-state index contributed by atoms with van der Waals surface area (Å²) in [5, 5.41) is 11.2. The van der Waals surface area contributed by atoms with Crippen LogP contribution < -0.4 is 5.32 Å². The molecule has 0 bridgehead atoms. The minimum Gasteiger partial charge on any atom is -0.314 e.